The van der Waals surface area contributed by atoms with Gasteiger partial charge in [0.05, 0.1) is 30.7 Å². The molecule has 1 aliphatic rings. The van der Waals surface area contributed by atoms with Crippen LogP contribution in [0.5, 0.6) is 5.75 Å². The lowest BCUT2D eigenvalue weighted by atomic mass is 10.1. The fourth-order valence-electron chi connectivity index (χ4n) is 4.65. The molecule has 0 bridgehead atoms. The topological polar surface area (TPSA) is 76.9 Å². The van der Waals surface area contributed by atoms with Crippen molar-refractivity contribution in [1.29, 1.82) is 0 Å². The third-order valence-corrected chi connectivity index (χ3v) is 6.76. The van der Waals surface area contributed by atoms with E-state index in [0.29, 0.717) is 37.6 Å². The third kappa shape index (κ3) is 5.51. The first kappa shape index (κ1) is 26.9. The number of ether oxygens (including phenoxy) is 2. The summed E-state index contributed by atoms with van der Waals surface area (Å²) in [6, 6.07) is 19.8. The van der Waals surface area contributed by atoms with Crippen LogP contribution in [0.3, 0.4) is 0 Å². The molecule has 10 heteroatoms. The van der Waals surface area contributed by atoms with Gasteiger partial charge in [0, 0.05) is 37.4 Å². The standard InChI is InChI=1S/C30H28F2N4O4/c1-3-40-30(38)27-19-28(36(33-27)23-9-11-24(39-2)12-10-23)20-4-7-22(8-5-20)34-14-16-35(17-15-34)29(37)25-18-21(31)6-13-26(25)32/h4-13,18-19H,3,14-17H2,1-2H3. The second kappa shape index (κ2) is 11.6. The van der Waals surface area contributed by atoms with Crippen molar-refractivity contribution in [3.63, 3.8) is 0 Å². The first-order valence-electron chi connectivity index (χ1n) is 12.9. The highest BCUT2D eigenvalue weighted by Crippen LogP contribution is 2.28. The number of aromatic nitrogens is 2. The fraction of sp³-hybridized carbons (Fsp3) is 0.233. The second-order valence-corrected chi connectivity index (χ2v) is 9.20. The number of hydrogen-bond acceptors (Lipinski definition) is 6. The van der Waals surface area contributed by atoms with Crippen molar-refractivity contribution < 1.29 is 27.8 Å². The minimum absolute atomic E-state index is 0.201. The summed E-state index contributed by atoms with van der Waals surface area (Å²) in [5.74, 6) is -1.69. The van der Waals surface area contributed by atoms with E-state index in [-0.39, 0.29) is 17.9 Å². The number of esters is 1. The second-order valence-electron chi connectivity index (χ2n) is 9.20. The van der Waals surface area contributed by atoms with E-state index in [2.05, 4.69) is 10.00 Å². The van der Waals surface area contributed by atoms with Crippen molar-refractivity contribution in [3.05, 3.63) is 95.7 Å². The Morgan fingerprint density at radius 1 is 0.875 bits per heavy atom. The van der Waals surface area contributed by atoms with Crippen LogP contribution in [-0.4, -0.2) is 66.5 Å². The van der Waals surface area contributed by atoms with Crippen molar-refractivity contribution >= 4 is 17.6 Å². The van der Waals surface area contributed by atoms with Crippen molar-refractivity contribution in [3.8, 4) is 22.7 Å². The molecule has 1 aliphatic heterocycles. The van der Waals surface area contributed by atoms with E-state index in [4.69, 9.17) is 9.47 Å². The number of methoxy groups -OCH3 is 1. The molecular formula is C30H28F2N4O4. The van der Waals surface area contributed by atoms with Gasteiger partial charge in [-0.05, 0) is 67.6 Å². The Bertz CT molecular complexity index is 1510. The predicted molar refractivity (Wildman–Crippen MR) is 146 cm³/mol. The Hall–Kier alpha value is -4.73. The number of hydrogen-bond donors (Lipinski definition) is 0. The summed E-state index contributed by atoms with van der Waals surface area (Å²) in [6.45, 7) is 3.83. The highest BCUT2D eigenvalue weighted by atomic mass is 19.1. The number of piperazine rings is 1. The van der Waals surface area contributed by atoms with Gasteiger partial charge in [-0.3, -0.25) is 4.79 Å². The molecule has 3 aromatic carbocycles. The molecule has 0 radical (unpaired) electrons. The molecule has 8 nitrogen and oxygen atoms in total. The van der Waals surface area contributed by atoms with Gasteiger partial charge in [-0.2, -0.15) is 5.10 Å². The number of nitrogens with zero attached hydrogens (tertiary/aromatic N) is 4. The first-order valence-corrected chi connectivity index (χ1v) is 12.9. The lowest BCUT2D eigenvalue weighted by Crippen LogP contribution is -2.49. The van der Waals surface area contributed by atoms with Gasteiger partial charge in [0.1, 0.15) is 17.4 Å². The SMILES string of the molecule is CCOC(=O)c1cc(-c2ccc(N3CCN(C(=O)c4cc(F)ccc4F)CC3)cc2)n(-c2ccc(OC)cc2)n1. The van der Waals surface area contributed by atoms with Gasteiger partial charge in [-0.25, -0.2) is 18.3 Å². The number of halogens is 2. The van der Waals surface area contributed by atoms with Crippen molar-refractivity contribution in [1.82, 2.24) is 14.7 Å². The molecule has 0 aliphatic carbocycles. The molecule has 1 fully saturated rings. The van der Waals surface area contributed by atoms with Gasteiger partial charge in [0.15, 0.2) is 5.69 Å². The van der Waals surface area contributed by atoms with Crippen LogP contribution in [0.4, 0.5) is 14.5 Å². The van der Waals surface area contributed by atoms with Crippen LogP contribution in [0.1, 0.15) is 27.8 Å². The maximum absolute atomic E-state index is 14.1. The Balaban J connectivity index is 1.34. The largest absolute Gasteiger partial charge is 0.497 e. The maximum Gasteiger partial charge on any atom is 0.358 e. The van der Waals surface area contributed by atoms with E-state index in [1.54, 1.807) is 24.8 Å². The molecule has 0 unspecified atom stereocenters. The minimum Gasteiger partial charge on any atom is -0.497 e. The van der Waals surface area contributed by atoms with Crippen molar-refractivity contribution in [2.45, 2.75) is 6.92 Å². The van der Waals surface area contributed by atoms with Gasteiger partial charge < -0.3 is 19.3 Å². The summed E-state index contributed by atoms with van der Waals surface area (Å²) in [4.78, 5) is 28.8. The van der Waals surface area contributed by atoms with Crippen LogP contribution >= 0.6 is 0 Å². The van der Waals surface area contributed by atoms with E-state index in [1.165, 1.54) is 4.90 Å². The Morgan fingerprint density at radius 2 is 1.55 bits per heavy atom. The molecule has 4 aromatic rings. The minimum atomic E-state index is -0.732. The normalized spacial score (nSPS) is 13.3. The Morgan fingerprint density at radius 3 is 2.20 bits per heavy atom. The molecule has 2 heterocycles. The molecule has 1 saturated heterocycles. The number of carbonyl (C=O) groups excluding carboxylic acids is 2. The average molecular weight is 547 g/mol. The van der Waals surface area contributed by atoms with E-state index in [1.807, 2.05) is 48.5 Å². The quantitative estimate of drug-likeness (QED) is 0.305. The summed E-state index contributed by atoms with van der Waals surface area (Å²) in [6.07, 6.45) is 0. The zero-order valence-electron chi connectivity index (χ0n) is 22.1. The number of carbonyl (C=O) groups is 2. The number of amides is 1. The average Bonchev–Trinajstić information content (AvgIpc) is 3.44. The van der Waals surface area contributed by atoms with Crippen molar-refractivity contribution in [2.75, 3.05) is 44.8 Å². The van der Waals surface area contributed by atoms with E-state index < -0.39 is 23.5 Å². The van der Waals surface area contributed by atoms with Crippen molar-refractivity contribution in [2.24, 2.45) is 0 Å². The van der Waals surface area contributed by atoms with Gasteiger partial charge in [0.25, 0.3) is 5.91 Å². The van der Waals surface area contributed by atoms with E-state index in [9.17, 15) is 18.4 Å². The Kier molecular flexibility index (Phi) is 7.77. The molecule has 0 spiro atoms. The van der Waals surface area contributed by atoms with Gasteiger partial charge in [-0.1, -0.05) is 12.1 Å². The number of anilines is 1. The number of rotatable bonds is 7. The summed E-state index contributed by atoms with van der Waals surface area (Å²) in [5, 5.41) is 4.51. The van der Waals surface area contributed by atoms with Crippen LogP contribution < -0.4 is 9.64 Å². The van der Waals surface area contributed by atoms with Crippen LogP contribution in [0.15, 0.2) is 72.8 Å². The summed E-state index contributed by atoms with van der Waals surface area (Å²) in [5.41, 5.74) is 3.21. The molecule has 5 rings (SSSR count). The summed E-state index contributed by atoms with van der Waals surface area (Å²) in [7, 11) is 1.59. The molecule has 206 valence electrons. The summed E-state index contributed by atoms with van der Waals surface area (Å²) < 4.78 is 39.8. The van der Waals surface area contributed by atoms with Crippen LogP contribution in [0, 0.1) is 11.6 Å². The smallest absolute Gasteiger partial charge is 0.358 e. The molecular weight excluding hydrogens is 518 g/mol. The molecule has 1 aromatic heterocycles. The van der Waals surface area contributed by atoms with E-state index >= 15 is 0 Å². The molecule has 40 heavy (non-hydrogen) atoms. The van der Waals surface area contributed by atoms with Crippen LogP contribution in [-0.2, 0) is 4.74 Å². The fourth-order valence-corrected chi connectivity index (χ4v) is 4.65. The predicted octanol–water partition coefficient (Wildman–Crippen LogP) is 4.97. The monoisotopic (exact) mass is 546 g/mol. The highest BCUT2D eigenvalue weighted by Gasteiger charge is 2.25. The molecule has 0 atom stereocenters. The van der Waals surface area contributed by atoms with Crippen LogP contribution in [0.25, 0.3) is 16.9 Å². The van der Waals surface area contributed by atoms with E-state index in [0.717, 1.165) is 35.1 Å². The van der Waals surface area contributed by atoms with Crippen LogP contribution in [0.2, 0.25) is 0 Å². The lowest BCUT2D eigenvalue weighted by Gasteiger charge is -2.36. The highest BCUT2D eigenvalue weighted by molar-refractivity contribution is 5.94. The zero-order chi connectivity index (χ0) is 28.2. The summed E-state index contributed by atoms with van der Waals surface area (Å²) >= 11 is 0. The first-order chi connectivity index (χ1) is 19.4. The van der Waals surface area contributed by atoms with Gasteiger partial charge in [-0.15, -0.1) is 0 Å². The lowest BCUT2D eigenvalue weighted by molar-refractivity contribution is 0.0518. The molecule has 0 N–H and O–H groups in total. The number of benzene rings is 3. The zero-order valence-corrected chi connectivity index (χ0v) is 22.1. The maximum atomic E-state index is 14.1. The molecule has 0 saturated carbocycles. The van der Waals surface area contributed by atoms with Gasteiger partial charge in [0.2, 0.25) is 0 Å². The Labute approximate surface area is 230 Å². The third-order valence-electron chi connectivity index (χ3n) is 6.76. The van der Waals surface area contributed by atoms with Gasteiger partial charge >= 0.3 is 5.97 Å². The molecule has 1 amide bonds.